The maximum absolute atomic E-state index is 12.8. The van der Waals surface area contributed by atoms with Crippen molar-refractivity contribution in [1.29, 1.82) is 0 Å². The summed E-state index contributed by atoms with van der Waals surface area (Å²) in [7, 11) is 1.59. The third-order valence-corrected chi connectivity index (χ3v) is 7.20. The van der Waals surface area contributed by atoms with Gasteiger partial charge in [0.15, 0.2) is 5.82 Å². The number of nitrogens with zero attached hydrogens (tertiary/aromatic N) is 5. The van der Waals surface area contributed by atoms with Crippen molar-refractivity contribution in [2.45, 2.75) is 32.5 Å². The number of nitrogens with one attached hydrogen (secondary N) is 1. The zero-order chi connectivity index (χ0) is 24.2. The number of thiazole rings is 1. The van der Waals surface area contributed by atoms with Gasteiger partial charge in [-0.1, -0.05) is 36.4 Å². The first-order valence-corrected chi connectivity index (χ1v) is 12.5. The molecule has 0 radical (unpaired) electrons. The highest BCUT2D eigenvalue weighted by molar-refractivity contribution is 7.15. The summed E-state index contributed by atoms with van der Waals surface area (Å²) < 4.78 is 7.38. The molecule has 1 amide bonds. The summed E-state index contributed by atoms with van der Waals surface area (Å²) >= 11 is 1.74. The number of hydrogen-bond acceptors (Lipinski definition) is 7. The maximum Gasteiger partial charge on any atom is 0.251 e. The molecule has 1 aliphatic rings. The predicted molar refractivity (Wildman–Crippen MR) is 135 cm³/mol. The SMILES string of the molecule is COc1cccc(C(=O)NC(C)c2nnc3n2CCN(Cc2cnc(-c4ccccc4)s2)CC3)c1. The van der Waals surface area contributed by atoms with E-state index < -0.39 is 0 Å². The van der Waals surface area contributed by atoms with E-state index >= 15 is 0 Å². The highest BCUT2D eigenvalue weighted by Crippen LogP contribution is 2.26. The van der Waals surface area contributed by atoms with Crippen molar-refractivity contribution in [3.05, 3.63) is 82.9 Å². The lowest BCUT2D eigenvalue weighted by Gasteiger charge is -2.19. The van der Waals surface area contributed by atoms with Crippen LogP contribution >= 0.6 is 11.3 Å². The van der Waals surface area contributed by atoms with E-state index in [1.54, 1.807) is 30.6 Å². The summed E-state index contributed by atoms with van der Waals surface area (Å²) in [5.74, 6) is 2.23. The molecule has 4 aromatic rings. The number of hydrogen-bond donors (Lipinski definition) is 1. The van der Waals surface area contributed by atoms with E-state index in [4.69, 9.17) is 4.74 Å². The van der Waals surface area contributed by atoms with Gasteiger partial charge < -0.3 is 14.6 Å². The molecule has 2 aromatic carbocycles. The van der Waals surface area contributed by atoms with E-state index in [1.807, 2.05) is 43.5 Å². The third-order valence-electron chi connectivity index (χ3n) is 6.17. The number of fused-ring (bicyclic) bond motifs is 1. The fraction of sp³-hybridized carbons (Fsp3) is 0.308. The number of methoxy groups -OCH3 is 1. The molecule has 1 N–H and O–H groups in total. The van der Waals surface area contributed by atoms with Gasteiger partial charge in [0.25, 0.3) is 5.91 Å². The van der Waals surface area contributed by atoms with Crippen molar-refractivity contribution in [2.75, 3.05) is 20.2 Å². The summed E-state index contributed by atoms with van der Waals surface area (Å²) in [6.07, 6.45) is 2.80. The maximum atomic E-state index is 12.8. The van der Waals surface area contributed by atoms with Gasteiger partial charge >= 0.3 is 0 Å². The lowest BCUT2D eigenvalue weighted by atomic mass is 10.2. The second-order valence-electron chi connectivity index (χ2n) is 8.58. The Kier molecular flexibility index (Phi) is 6.87. The molecule has 1 unspecified atom stereocenters. The normalized spacial score (nSPS) is 14.7. The number of aromatic nitrogens is 4. The van der Waals surface area contributed by atoms with Crippen LogP contribution in [0.25, 0.3) is 10.6 Å². The van der Waals surface area contributed by atoms with Gasteiger partial charge in [0.1, 0.15) is 16.6 Å². The summed E-state index contributed by atoms with van der Waals surface area (Å²) in [6.45, 7) is 5.37. The van der Waals surface area contributed by atoms with Gasteiger partial charge in [0, 0.05) is 54.8 Å². The standard InChI is InChI=1S/C26H28N6O2S/c1-18(28-25(33)20-9-6-10-21(15-20)34-2)24-30-29-23-11-12-31(13-14-32(23)24)17-22-16-27-26(35-22)19-7-4-3-5-8-19/h3-10,15-16,18H,11-14,17H2,1-2H3,(H,28,33). The van der Waals surface area contributed by atoms with Gasteiger partial charge in [-0.15, -0.1) is 21.5 Å². The van der Waals surface area contributed by atoms with Crippen LogP contribution in [0.4, 0.5) is 0 Å². The minimum Gasteiger partial charge on any atom is -0.497 e. The molecule has 2 aromatic heterocycles. The molecule has 8 nitrogen and oxygen atoms in total. The van der Waals surface area contributed by atoms with Crippen LogP contribution in [0, 0.1) is 0 Å². The molecule has 3 heterocycles. The van der Waals surface area contributed by atoms with Gasteiger partial charge in [0.05, 0.1) is 13.2 Å². The summed E-state index contributed by atoms with van der Waals surface area (Å²) in [5, 5.41) is 13.0. The van der Waals surface area contributed by atoms with Gasteiger partial charge in [0.2, 0.25) is 0 Å². The molecule has 1 atom stereocenters. The van der Waals surface area contributed by atoms with E-state index in [0.717, 1.165) is 54.8 Å². The van der Waals surface area contributed by atoms with Crippen LogP contribution in [0.15, 0.2) is 60.8 Å². The molecule has 0 saturated heterocycles. The van der Waals surface area contributed by atoms with Crippen molar-refractivity contribution in [3.8, 4) is 16.3 Å². The quantitative estimate of drug-likeness (QED) is 0.424. The van der Waals surface area contributed by atoms with E-state index in [1.165, 1.54) is 4.88 Å². The Bertz CT molecular complexity index is 1300. The average Bonchev–Trinajstić information content (AvgIpc) is 3.48. The molecule has 0 saturated carbocycles. The van der Waals surface area contributed by atoms with E-state index in [2.05, 4.69) is 42.1 Å². The molecule has 9 heteroatoms. The number of carbonyl (C=O) groups excluding carboxylic acids is 1. The van der Waals surface area contributed by atoms with Crippen LogP contribution in [-0.4, -0.2) is 50.8 Å². The second-order valence-corrected chi connectivity index (χ2v) is 9.69. The number of ether oxygens (including phenoxy) is 1. The third kappa shape index (κ3) is 5.26. The predicted octanol–water partition coefficient (Wildman–Crippen LogP) is 3.96. The highest BCUT2D eigenvalue weighted by atomic mass is 32.1. The second kappa shape index (κ2) is 10.4. The Morgan fingerprint density at radius 2 is 1.97 bits per heavy atom. The lowest BCUT2D eigenvalue weighted by molar-refractivity contribution is 0.0937. The molecule has 180 valence electrons. The zero-order valence-electron chi connectivity index (χ0n) is 19.8. The molecule has 0 aliphatic carbocycles. The molecular weight excluding hydrogens is 460 g/mol. The van der Waals surface area contributed by atoms with Crippen molar-refractivity contribution < 1.29 is 9.53 Å². The Hall–Kier alpha value is -3.56. The largest absolute Gasteiger partial charge is 0.497 e. The number of carbonyl (C=O) groups is 1. The number of benzene rings is 2. The van der Waals surface area contributed by atoms with E-state index in [-0.39, 0.29) is 11.9 Å². The van der Waals surface area contributed by atoms with Crippen LogP contribution in [-0.2, 0) is 19.5 Å². The number of amides is 1. The molecule has 0 bridgehead atoms. The van der Waals surface area contributed by atoms with Gasteiger partial charge in [-0.3, -0.25) is 9.69 Å². The van der Waals surface area contributed by atoms with Crippen LogP contribution in [0.3, 0.4) is 0 Å². The molecular formula is C26H28N6O2S. The Balaban J connectivity index is 1.22. The van der Waals surface area contributed by atoms with Crippen molar-refractivity contribution in [1.82, 2.24) is 30.0 Å². The van der Waals surface area contributed by atoms with Crippen molar-refractivity contribution in [2.24, 2.45) is 0 Å². The first kappa shape index (κ1) is 23.2. The molecule has 1 aliphatic heterocycles. The van der Waals surface area contributed by atoms with Crippen LogP contribution in [0.5, 0.6) is 5.75 Å². The van der Waals surface area contributed by atoms with E-state index in [9.17, 15) is 4.79 Å². The Morgan fingerprint density at radius 1 is 1.11 bits per heavy atom. The van der Waals surface area contributed by atoms with Crippen LogP contribution in [0.1, 0.15) is 39.8 Å². The summed E-state index contributed by atoms with van der Waals surface area (Å²) in [6, 6.07) is 17.1. The monoisotopic (exact) mass is 488 g/mol. The average molecular weight is 489 g/mol. The Labute approximate surface area is 208 Å². The molecule has 35 heavy (non-hydrogen) atoms. The highest BCUT2D eigenvalue weighted by Gasteiger charge is 2.23. The Morgan fingerprint density at radius 3 is 2.80 bits per heavy atom. The fourth-order valence-corrected chi connectivity index (χ4v) is 5.25. The minimum atomic E-state index is -0.267. The smallest absolute Gasteiger partial charge is 0.251 e. The summed E-state index contributed by atoms with van der Waals surface area (Å²) in [4.78, 5) is 21.1. The molecule has 5 rings (SSSR count). The van der Waals surface area contributed by atoms with Gasteiger partial charge in [-0.05, 0) is 25.1 Å². The van der Waals surface area contributed by atoms with E-state index in [0.29, 0.717) is 11.3 Å². The zero-order valence-corrected chi connectivity index (χ0v) is 20.7. The minimum absolute atomic E-state index is 0.164. The van der Waals surface area contributed by atoms with Crippen LogP contribution < -0.4 is 10.1 Å². The first-order chi connectivity index (χ1) is 17.1. The van der Waals surface area contributed by atoms with Crippen LogP contribution in [0.2, 0.25) is 0 Å². The number of rotatable bonds is 7. The lowest BCUT2D eigenvalue weighted by Crippen LogP contribution is -2.30. The van der Waals surface area contributed by atoms with Gasteiger partial charge in [-0.2, -0.15) is 0 Å². The summed E-state index contributed by atoms with van der Waals surface area (Å²) in [5.41, 5.74) is 1.71. The molecule has 0 fully saturated rings. The van der Waals surface area contributed by atoms with Crippen molar-refractivity contribution >= 4 is 17.2 Å². The first-order valence-electron chi connectivity index (χ1n) is 11.7. The van der Waals surface area contributed by atoms with Crippen molar-refractivity contribution in [3.63, 3.8) is 0 Å². The van der Waals surface area contributed by atoms with Gasteiger partial charge in [-0.25, -0.2) is 4.98 Å². The molecule has 0 spiro atoms. The fourth-order valence-electron chi connectivity index (χ4n) is 4.29. The topological polar surface area (TPSA) is 85.2 Å².